The molecule has 2 N–H and O–H groups in total. The van der Waals surface area contributed by atoms with Crippen LogP contribution in [-0.4, -0.2) is 60.9 Å². The molecule has 4 saturated heterocycles. The molecule has 4 fully saturated rings. The molecule has 0 saturated carbocycles. The van der Waals surface area contributed by atoms with E-state index in [1.165, 1.54) is 0 Å². The molecule has 1 radical (unpaired) electrons. The van der Waals surface area contributed by atoms with Crippen molar-refractivity contribution in [2.75, 3.05) is 18.2 Å². The first-order valence-corrected chi connectivity index (χ1v) is 7.28. The van der Waals surface area contributed by atoms with Crippen molar-refractivity contribution in [1.82, 2.24) is 15.1 Å². The van der Waals surface area contributed by atoms with Gasteiger partial charge in [0, 0.05) is 24.3 Å². The predicted molar refractivity (Wildman–Crippen MR) is 62.8 cm³/mol. The van der Waals surface area contributed by atoms with Gasteiger partial charge in [-0.1, -0.05) is 0 Å². The zero-order chi connectivity index (χ0) is 11.8. The van der Waals surface area contributed by atoms with E-state index in [2.05, 4.69) is 5.32 Å². The number of carboxylic acids is 1. The minimum absolute atomic E-state index is 0. The van der Waals surface area contributed by atoms with E-state index < -0.39 is 21.9 Å². The van der Waals surface area contributed by atoms with Crippen LogP contribution in [-0.2, 0) is 28.1 Å². The van der Waals surface area contributed by atoms with Gasteiger partial charge in [-0.05, 0) is 11.3 Å². The average Bonchev–Trinajstić information content (AvgIpc) is 2.99. The van der Waals surface area contributed by atoms with Gasteiger partial charge >= 0.3 is 5.97 Å². The third kappa shape index (κ3) is 1.36. The molecule has 4 aliphatic rings. The number of carboxylic acid groups (broad SMARTS) is 1. The number of thioether (sulfide) groups is 2. The van der Waals surface area contributed by atoms with E-state index in [-0.39, 0.29) is 24.5 Å². The van der Waals surface area contributed by atoms with E-state index in [9.17, 15) is 9.59 Å². The van der Waals surface area contributed by atoms with E-state index in [4.69, 9.17) is 5.11 Å². The topological polar surface area (TPSA) is 82.8 Å². The van der Waals surface area contributed by atoms with Crippen molar-refractivity contribution >= 4 is 35.4 Å². The van der Waals surface area contributed by atoms with Crippen LogP contribution in [0.2, 0.25) is 0 Å². The molecule has 97 valence electrons. The first-order valence-electron chi connectivity index (χ1n) is 5.31. The predicted octanol–water partition coefficient (Wildman–Crippen LogP) is -0.853. The SMILES string of the molecule is O=C(O)C1CS[C@]23SCC4([CH-]N4)C(=O)N2CN13.[V]. The van der Waals surface area contributed by atoms with Gasteiger partial charge in [-0.2, -0.15) is 0 Å². The van der Waals surface area contributed by atoms with Crippen molar-refractivity contribution in [2.24, 2.45) is 0 Å². The van der Waals surface area contributed by atoms with Crippen molar-refractivity contribution < 1.29 is 33.3 Å². The minimum Gasteiger partial charge on any atom is -0.480 e. The largest absolute Gasteiger partial charge is 0.480 e. The van der Waals surface area contributed by atoms with Gasteiger partial charge in [0.1, 0.15) is 6.04 Å². The maximum absolute atomic E-state index is 12.2. The Balaban J connectivity index is 0.000001000. The van der Waals surface area contributed by atoms with Gasteiger partial charge in [0.15, 0.2) is 4.33 Å². The second-order valence-corrected chi connectivity index (χ2v) is 7.20. The Bertz CT molecular complexity index is 447. The normalized spacial score (nSPS) is 45.0. The molecule has 6 nitrogen and oxygen atoms in total. The molecule has 0 bridgehead atoms. The summed E-state index contributed by atoms with van der Waals surface area (Å²) < 4.78 is -0.441. The molecule has 4 heterocycles. The standard InChI is InChI=1S/C9H10N3O3S2.V/c13-6(14)5-1-16-9-11(5)4-12(9)7(15)8(2-10-8)3-17-9;/h2,5,10H,1,3-4H2,(H,13,14);/q-1;/t5?,8?,9-;/m1./s1. The number of carbonyl (C=O) groups is 2. The van der Waals surface area contributed by atoms with Crippen molar-refractivity contribution in [3.63, 3.8) is 0 Å². The molecule has 9 heteroatoms. The summed E-state index contributed by atoms with van der Waals surface area (Å²) in [5, 5.41) is 12.1. The van der Waals surface area contributed by atoms with E-state index >= 15 is 0 Å². The molecule has 4 rings (SSSR count). The maximum Gasteiger partial charge on any atom is 0.321 e. The first kappa shape index (κ1) is 13.1. The molecule has 0 aromatic heterocycles. The average molecular weight is 323 g/mol. The number of nitrogens with one attached hydrogen (secondary N) is 1. The zero-order valence-corrected chi connectivity index (χ0v) is 12.2. The maximum atomic E-state index is 12.2. The second-order valence-electron chi connectivity index (χ2n) is 4.61. The van der Waals surface area contributed by atoms with Gasteiger partial charge < -0.3 is 10.4 Å². The van der Waals surface area contributed by atoms with Crippen LogP contribution in [0, 0.1) is 6.54 Å². The van der Waals surface area contributed by atoms with Crippen LogP contribution in [0.15, 0.2) is 0 Å². The fraction of sp³-hybridized carbons (Fsp3) is 0.667. The van der Waals surface area contributed by atoms with Gasteiger partial charge in [-0.3, -0.25) is 14.5 Å². The number of hydrogen-bond donors (Lipinski definition) is 2. The molecular weight excluding hydrogens is 313 g/mol. The Morgan fingerprint density at radius 2 is 2.28 bits per heavy atom. The van der Waals surface area contributed by atoms with E-state index in [0.717, 1.165) is 0 Å². The summed E-state index contributed by atoms with van der Waals surface area (Å²) in [6.07, 6.45) is 0. The summed E-state index contributed by atoms with van der Waals surface area (Å²) in [5.41, 5.74) is -0.454. The monoisotopic (exact) mass is 323 g/mol. The summed E-state index contributed by atoms with van der Waals surface area (Å²) in [5.74, 6) is 0.540. The molecule has 4 aliphatic heterocycles. The molecule has 3 atom stereocenters. The van der Waals surface area contributed by atoms with Crippen molar-refractivity contribution in [1.29, 1.82) is 0 Å². The smallest absolute Gasteiger partial charge is 0.321 e. The number of carbonyl (C=O) groups excluding carboxylic acids is 1. The third-order valence-electron chi connectivity index (χ3n) is 3.70. The number of rotatable bonds is 1. The number of hydrogen-bond acceptors (Lipinski definition) is 6. The summed E-state index contributed by atoms with van der Waals surface area (Å²) in [4.78, 5) is 27.0. The molecule has 0 aliphatic carbocycles. The van der Waals surface area contributed by atoms with Gasteiger partial charge in [0.2, 0.25) is 5.91 Å². The number of nitrogens with zero attached hydrogens (tertiary/aromatic N) is 2. The third-order valence-corrected chi connectivity index (χ3v) is 7.15. The Morgan fingerprint density at radius 1 is 1.56 bits per heavy atom. The summed E-state index contributed by atoms with van der Waals surface area (Å²) >= 11 is 3.23. The molecule has 2 spiro atoms. The van der Waals surface area contributed by atoms with Crippen LogP contribution in [0.3, 0.4) is 0 Å². The van der Waals surface area contributed by atoms with E-state index in [1.54, 1.807) is 28.4 Å². The van der Waals surface area contributed by atoms with Crippen LogP contribution in [0.25, 0.3) is 0 Å². The molecule has 2 unspecified atom stereocenters. The van der Waals surface area contributed by atoms with Crippen LogP contribution < -0.4 is 5.32 Å². The van der Waals surface area contributed by atoms with Crippen LogP contribution in [0.5, 0.6) is 0 Å². The van der Waals surface area contributed by atoms with Crippen LogP contribution in [0.1, 0.15) is 0 Å². The minimum atomic E-state index is -0.793. The molecule has 18 heavy (non-hydrogen) atoms. The Labute approximate surface area is 124 Å². The summed E-state index contributed by atoms with van der Waals surface area (Å²) in [7, 11) is 0. The number of aliphatic carboxylic acids is 1. The van der Waals surface area contributed by atoms with Gasteiger partial charge in [-0.15, -0.1) is 23.5 Å². The van der Waals surface area contributed by atoms with Gasteiger partial charge in [0.25, 0.3) is 0 Å². The molecular formula is C9H10N3O3S2V-. The Hall–Kier alpha value is 0.144. The second kappa shape index (κ2) is 3.83. The molecule has 0 aromatic rings. The van der Waals surface area contributed by atoms with Crippen molar-refractivity contribution in [3.8, 4) is 0 Å². The fourth-order valence-electron chi connectivity index (χ4n) is 2.55. The summed E-state index contributed by atoms with van der Waals surface area (Å²) in [6, 6.07) is -0.457. The quantitative estimate of drug-likeness (QED) is 0.480. The fourth-order valence-corrected chi connectivity index (χ4v) is 5.96. The van der Waals surface area contributed by atoms with Gasteiger partial charge in [-0.25, -0.2) is 11.4 Å². The van der Waals surface area contributed by atoms with Crippen molar-refractivity contribution in [2.45, 2.75) is 15.9 Å². The van der Waals surface area contributed by atoms with Crippen LogP contribution >= 0.6 is 23.5 Å². The van der Waals surface area contributed by atoms with Crippen LogP contribution in [0.4, 0.5) is 0 Å². The van der Waals surface area contributed by atoms with Crippen molar-refractivity contribution in [3.05, 3.63) is 6.54 Å². The first-order chi connectivity index (χ1) is 8.09. The Kier molecular flexibility index (Phi) is 2.80. The molecule has 1 amide bonds. The van der Waals surface area contributed by atoms with Gasteiger partial charge in [0.05, 0.1) is 6.67 Å². The zero-order valence-electron chi connectivity index (χ0n) is 9.20. The summed E-state index contributed by atoms with van der Waals surface area (Å²) in [6.45, 7) is 2.26. The Morgan fingerprint density at radius 3 is 2.89 bits per heavy atom. The van der Waals surface area contributed by atoms with E-state index in [1.807, 2.05) is 11.4 Å². The molecule has 0 aromatic carbocycles. The number of amides is 1. The van der Waals surface area contributed by atoms with E-state index in [0.29, 0.717) is 18.2 Å².